The molecular formula is C13H15BrF3NO2. The predicted molar refractivity (Wildman–Crippen MR) is 72.6 cm³/mol. The quantitative estimate of drug-likeness (QED) is 0.877. The van der Waals surface area contributed by atoms with Gasteiger partial charge in [-0.25, -0.2) is 0 Å². The summed E-state index contributed by atoms with van der Waals surface area (Å²) in [5.74, 6) is -0.575. The normalized spacial score (nSPS) is 13.1. The molecule has 3 nitrogen and oxygen atoms in total. The number of amides is 1. The molecule has 1 aromatic rings. The Balaban J connectivity index is 2.82. The number of nitrogens with one attached hydrogen (secondary N) is 1. The number of ether oxygens (including phenoxy) is 1. The molecule has 1 amide bonds. The van der Waals surface area contributed by atoms with Crippen LogP contribution in [0.4, 0.5) is 13.2 Å². The van der Waals surface area contributed by atoms with E-state index in [1.165, 1.54) is 6.07 Å². The van der Waals surface area contributed by atoms with Crippen LogP contribution >= 0.6 is 15.9 Å². The number of hydrogen-bond donors (Lipinski definition) is 1. The number of carbonyl (C=O) groups is 1. The minimum Gasteiger partial charge on any atom is -0.377 e. The monoisotopic (exact) mass is 353 g/mol. The molecule has 1 unspecified atom stereocenters. The predicted octanol–water partition coefficient (Wildman–Crippen LogP) is 3.62. The maximum atomic E-state index is 12.6. The molecular weight excluding hydrogens is 339 g/mol. The molecule has 0 aliphatic carbocycles. The third-order valence-corrected chi connectivity index (χ3v) is 3.23. The van der Waals surface area contributed by atoms with Gasteiger partial charge in [0.15, 0.2) is 0 Å². The van der Waals surface area contributed by atoms with Gasteiger partial charge in [0.25, 0.3) is 5.91 Å². The number of hydrogen-bond acceptors (Lipinski definition) is 2. The molecule has 0 aliphatic heterocycles. The lowest BCUT2D eigenvalue weighted by atomic mass is 10.1. The first kappa shape index (κ1) is 17.0. The van der Waals surface area contributed by atoms with Crippen molar-refractivity contribution in [2.75, 3.05) is 13.2 Å². The van der Waals surface area contributed by atoms with Crippen molar-refractivity contribution in [2.24, 2.45) is 0 Å². The molecule has 1 N–H and O–H groups in total. The van der Waals surface area contributed by atoms with E-state index in [1.807, 2.05) is 6.92 Å². The van der Waals surface area contributed by atoms with Crippen LogP contribution < -0.4 is 5.32 Å². The van der Waals surface area contributed by atoms with Crippen molar-refractivity contribution in [2.45, 2.75) is 26.1 Å². The largest absolute Gasteiger partial charge is 0.416 e. The van der Waals surface area contributed by atoms with E-state index < -0.39 is 17.6 Å². The fourth-order valence-electron chi connectivity index (χ4n) is 1.55. The van der Waals surface area contributed by atoms with Crippen molar-refractivity contribution in [3.63, 3.8) is 0 Å². The van der Waals surface area contributed by atoms with Gasteiger partial charge in [-0.05, 0) is 48.0 Å². The molecule has 0 heterocycles. The van der Waals surface area contributed by atoms with Gasteiger partial charge in [0, 0.05) is 17.6 Å². The summed E-state index contributed by atoms with van der Waals surface area (Å²) in [6.07, 6.45) is -4.68. The van der Waals surface area contributed by atoms with E-state index in [0.29, 0.717) is 11.1 Å². The Hall–Kier alpha value is -1.08. The molecule has 0 radical (unpaired) electrons. The number of alkyl halides is 3. The van der Waals surface area contributed by atoms with Crippen molar-refractivity contribution in [3.8, 4) is 0 Å². The van der Waals surface area contributed by atoms with Gasteiger partial charge in [0.05, 0.1) is 17.2 Å². The fraction of sp³-hybridized carbons (Fsp3) is 0.462. The van der Waals surface area contributed by atoms with Gasteiger partial charge in [-0.1, -0.05) is 0 Å². The number of benzene rings is 1. The van der Waals surface area contributed by atoms with Crippen LogP contribution in [0.1, 0.15) is 29.8 Å². The highest BCUT2D eigenvalue weighted by molar-refractivity contribution is 9.10. The second-order valence-corrected chi connectivity index (χ2v) is 5.02. The summed E-state index contributed by atoms with van der Waals surface area (Å²) in [5.41, 5.74) is -0.910. The van der Waals surface area contributed by atoms with Crippen LogP contribution in [-0.2, 0) is 10.9 Å². The smallest absolute Gasteiger partial charge is 0.377 e. The number of halogens is 4. The van der Waals surface area contributed by atoms with Crippen molar-refractivity contribution in [3.05, 3.63) is 33.8 Å². The number of rotatable bonds is 5. The lowest BCUT2D eigenvalue weighted by molar-refractivity contribution is -0.137. The molecule has 1 rings (SSSR count). The third kappa shape index (κ3) is 4.79. The fourth-order valence-corrected chi connectivity index (χ4v) is 1.98. The lowest BCUT2D eigenvalue weighted by Crippen LogP contribution is -2.32. The van der Waals surface area contributed by atoms with Gasteiger partial charge < -0.3 is 10.1 Å². The lowest BCUT2D eigenvalue weighted by Gasteiger charge is -2.14. The Morgan fingerprint density at radius 1 is 1.45 bits per heavy atom. The molecule has 0 fully saturated rings. The van der Waals surface area contributed by atoms with E-state index in [2.05, 4.69) is 21.2 Å². The minimum absolute atomic E-state index is 0.0523. The summed E-state index contributed by atoms with van der Waals surface area (Å²) in [7, 11) is 0. The highest BCUT2D eigenvalue weighted by Gasteiger charge is 2.31. The van der Waals surface area contributed by atoms with Gasteiger partial charge in [0.1, 0.15) is 0 Å². The average Bonchev–Trinajstić information content (AvgIpc) is 2.35. The topological polar surface area (TPSA) is 38.3 Å². The van der Waals surface area contributed by atoms with Crippen molar-refractivity contribution in [1.82, 2.24) is 5.32 Å². The SMILES string of the molecule is CCOC(C)CNC(=O)c1cc(C(F)(F)F)ccc1Br. The molecule has 0 saturated heterocycles. The molecule has 0 aliphatic rings. The molecule has 0 bridgehead atoms. The standard InChI is InChI=1S/C13H15BrF3NO2/c1-3-20-8(2)7-18-12(19)10-6-9(13(15,16)17)4-5-11(10)14/h4-6,8H,3,7H2,1-2H3,(H,18,19). The Labute approximate surface area is 123 Å². The third-order valence-electron chi connectivity index (χ3n) is 2.54. The highest BCUT2D eigenvalue weighted by atomic mass is 79.9. The van der Waals surface area contributed by atoms with E-state index in [4.69, 9.17) is 4.74 Å². The zero-order valence-electron chi connectivity index (χ0n) is 11.1. The van der Waals surface area contributed by atoms with Gasteiger partial charge in [-0.15, -0.1) is 0 Å². The Bertz CT molecular complexity index is 477. The first-order valence-corrected chi connectivity index (χ1v) is 6.81. The van der Waals surface area contributed by atoms with E-state index in [-0.39, 0.29) is 18.2 Å². The Morgan fingerprint density at radius 3 is 2.65 bits per heavy atom. The number of carbonyl (C=O) groups excluding carboxylic acids is 1. The highest BCUT2D eigenvalue weighted by Crippen LogP contribution is 2.31. The molecule has 1 aromatic carbocycles. The summed E-state index contributed by atoms with van der Waals surface area (Å²) < 4.78 is 43.4. The van der Waals surface area contributed by atoms with Crippen molar-refractivity contribution >= 4 is 21.8 Å². The molecule has 7 heteroatoms. The van der Waals surface area contributed by atoms with Gasteiger partial charge in [-0.3, -0.25) is 4.79 Å². The Morgan fingerprint density at radius 2 is 2.10 bits per heavy atom. The van der Waals surface area contributed by atoms with E-state index in [0.717, 1.165) is 12.1 Å². The second kappa shape index (κ2) is 7.08. The summed E-state index contributed by atoms with van der Waals surface area (Å²) in [6.45, 7) is 4.33. The first-order valence-electron chi connectivity index (χ1n) is 6.02. The second-order valence-electron chi connectivity index (χ2n) is 4.17. The summed E-state index contributed by atoms with van der Waals surface area (Å²) in [6, 6.07) is 2.96. The summed E-state index contributed by atoms with van der Waals surface area (Å²) >= 11 is 3.08. The molecule has 20 heavy (non-hydrogen) atoms. The van der Waals surface area contributed by atoms with E-state index in [1.54, 1.807) is 6.92 Å². The van der Waals surface area contributed by atoms with Crippen LogP contribution in [-0.4, -0.2) is 25.2 Å². The van der Waals surface area contributed by atoms with Crippen LogP contribution in [0, 0.1) is 0 Å². The molecule has 112 valence electrons. The molecule has 0 spiro atoms. The molecule has 0 saturated carbocycles. The van der Waals surface area contributed by atoms with Crippen LogP contribution in [0.3, 0.4) is 0 Å². The minimum atomic E-state index is -4.48. The maximum absolute atomic E-state index is 12.6. The van der Waals surface area contributed by atoms with Crippen LogP contribution in [0.5, 0.6) is 0 Å². The summed E-state index contributed by atoms with van der Waals surface area (Å²) in [4.78, 5) is 11.9. The van der Waals surface area contributed by atoms with E-state index in [9.17, 15) is 18.0 Å². The Kier molecular flexibility index (Phi) is 6.01. The summed E-state index contributed by atoms with van der Waals surface area (Å²) in [5, 5.41) is 2.54. The van der Waals surface area contributed by atoms with Crippen molar-refractivity contribution in [1.29, 1.82) is 0 Å². The van der Waals surface area contributed by atoms with Gasteiger partial charge in [0.2, 0.25) is 0 Å². The zero-order valence-corrected chi connectivity index (χ0v) is 12.6. The van der Waals surface area contributed by atoms with Crippen LogP contribution in [0.25, 0.3) is 0 Å². The van der Waals surface area contributed by atoms with Crippen molar-refractivity contribution < 1.29 is 22.7 Å². The maximum Gasteiger partial charge on any atom is 0.416 e. The zero-order chi connectivity index (χ0) is 15.3. The molecule has 0 aromatic heterocycles. The van der Waals surface area contributed by atoms with E-state index >= 15 is 0 Å². The first-order chi connectivity index (χ1) is 9.25. The van der Waals surface area contributed by atoms with Crippen LogP contribution in [0.15, 0.2) is 22.7 Å². The van der Waals surface area contributed by atoms with Gasteiger partial charge in [-0.2, -0.15) is 13.2 Å². The average molecular weight is 354 g/mol. The molecule has 1 atom stereocenters. The van der Waals surface area contributed by atoms with Crippen LogP contribution in [0.2, 0.25) is 0 Å². The van der Waals surface area contributed by atoms with Gasteiger partial charge >= 0.3 is 6.18 Å².